The maximum atomic E-state index is 5.80. The van der Waals surface area contributed by atoms with Gasteiger partial charge in [-0.2, -0.15) is 0 Å². The second kappa shape index (κ2) is 11.5. The maximum Gasteiger partial charge on any atom is 0.226 e. The first-order valence-corrected chi connectivity index (χ1v) is 11.0. The molecule has 0 bridgehead atoms. The molecule has 3 aromatic carbocycles. The van der Waals surface area contributed by atoms with E-state index in [2.05, 4.69) is 27.1 Å². The molecule has 3 aromatic heterocycles. The van der Waals surface area contributed by atoms with Crippen molar-refractivity contribution >= 4 is 11.1 Å². The molecule has 0 aliphatic carbocycles. The molecule has 4 nitrogen and oxygen atoms in total. The van der Waals surface area contributed by atoms with Crippen LogP contribution in [0, 0.1) is 19.1 Å². The SMILES string of the molecule is Cc1cccc(-c2[c-]cccc2)n1.[Ir].[c-]1ccccc1-c1cc(-c2nc3ccccc3o2)ccn1. The number of oxazole rings is 1. The Balaban J connectivity index is 0.000000179. The molecule has 0 fully saturated rings. The first kappa shape index (κ1) is 24.2. The molecule has 0 aliphatic rings. The van der Waals surface area contributed by atoms with Crippen LogP contribution in [0.4, 0.5) is 0 Å². The fourth-order valence-corrected chi connectivity index (χ4v) is 3.50. The fraction of sp³-hybridized carbons (Fsp3) is 0.0333. The summed E-state index contributed by atoms with van der Waals surface area (Å²) in [4.78, 5) is 13.3. The second-order valence-corrected chi connectivity index (χ2v) is 7.63. The summed E-state index contributed by atoms with van der Waals surface area (Å²) >= 11 is 0. The third-order valence-electron chi connectivity index (χ3n) is 5.16. The van der Waals surface area contributed by atoms with E-state index in [1.807, 2.05) is 110 Å². The van der Waals surface area contributed by atoms with E-state index in [1.54, 1.807) is 6.20 Å². The molecule has 0 unspecified atom stereocenters. The Morgan fingerprint density at radius 1 is 0.686 bits per heavy atom. The normalized spacial score (nSPS) is 10.2. The number of para-hydroxylation sites is 2. The number of aromatic nitrogens is 3. The largest absolute Gasteiger partial charge is 0.436 e. The van der Waals surface area contributed by atoms with Crippen LogP contribution in [0.5, 0.6) is 0 Å². The van der Waals surface area contributed by atoms with Crippen molar-refractivity contribution in [2.24, 2.45) is 0 Å². The van der Waals surface area contributed by atoms with Crippen LogP contribution in [0.3, 0.4) is 0 Å². The summed E-state index contributed by atoms with van der Waals surface area (Å²) in [6, 6.07) is 39.6. The van der Waals surface area contributed by atoms with Crippen LogP contribution in [0.1, 0.15) is 5.69 Å². The Morgan fingerprint density at radius 3 is 2.09 bits per heavy atom. The third kappa shape index (κ3) is 5.96. The first-order valence-electron chi connectivity index (χ1n) is 11.0. The van der Waals surface area contributed by atoms with Gasteiger partial charge in [-0.25, -0.2) is 4.98 Å². The molecule has 0 saturated carbocycles. The summed E-state index contributed by atoms with van der Waals surface area (Å²) in [5, 5.41) is 0. The van der Waals surface area contributed by atoms with E-state index in [0.29, 0.717) is 5.89 Å². The predicted molar refractivity (Wildman–Crippen MR) is 135 cm³/mol. The molecule has 173 valence electrons. The monoisotopic (exact) mass is 632 g/mol. The third-order valence-corrected chi connectivity index (χ3v) is 5.16. The Bertz CT molecular complexity index is 1480. The van der Waals surface area contributed by atoms with Crippen molar-refractivity contribution < 1.29 is 24.5 Å². The number of pyridine rings is 2. The van der Waals surface area contributed by atoms with Crippen LogP contribution >= 0.6 is 0 Å². The van der Waals surface area contributed by atoms with E-state index >= 15 is 0 Å². The van der Waals surface area contributed by atoms with Crippen LogP contribution in [-0.2, 0) is 20.1 Å². The molecule has 35 heavy (non-hydrogen) atoms. The number of fused-ring (bicyclic) bond motifs is 1. The van der Waals surface area contributed by atoms with Gasteiger partial charge in [-0.1, -0.05) is 30.3 Å². The van der Waals surface area contributed by atoms with Crippen molar-refractivity contribution in [3.05, 3.63) is 127 Å². The van der Waals surface area contributed by atoms with Gasteiger partial charge in [-0.3, -0.25) is 0 Å². The minimum Gasteiger partial charge on any atom is -0.436 e. The van der Waals surface area contributed by atoms with Gasteiger partial charge in [0.2, 0.25) is 5.89 Å². The van der Waals surface area contributed by atoms with Crippen LogP contribution in [0.2, 0.25) is 0 Å². The molecule has 0 amide bonds. The molecular formula is C30H21IrN3O-2. The summed E-state index contributed by atoms with van der Waals surface area (Å²) in [7, 11) is 0. The van der Waals surface area contributed by atoms with Crippen LogP contribution in [0.25, 0.3) is 45.1 Å². The molecule has 0 aliphatic heterocycles. The van der Waals surface area contributed by atoms with Gasteiger partial charge in [-0.15, -0.1) is 71.8 Å². The number of benzene rings is 3. The number of aryl methyl sites for hydroxylation is 1. The summed E-state index contributed by atoms with van der Waals surface area (Å²) < 4.78 is 5.80. The van der Waals surface area contributed by atoms with Crippen molar-refractivity contribution in [2.45, 2.75) is 6.92 Å². The number of hydrogen-bond donors (Lipinski definition) is 0. The van der Waals surface area contributed by atoms with Crippen molar-refractivity contribution in [3.8, 4) is 34.0 Å². The van der Waals surface area contributed by atoms with Crippen LogP contribution in [-0.4, -0.2) is 15.0 Å². The zero-order chi connectivity index (χ0) is 23.2. The Labute approximate surface area is 218 Å². The molecule has 3 heterocycles. The van der Waals surface area contributed by atoms with Crippen molar-refractivity contribution in [1.82, 2.24) is 15.0 Å². The standard InChI is InChI=1S/C18H11N2O.C12H10N.Ir/c1-2-6-13(7-3-1)16-12-14(10-11-19-16)18-20-15-8-4-5-9-17(15)21-18;1-10-6-5-9-12(13-10)11-7-3-2-4-8-11;/h1-6,8-12H;2-7,9H,1H3;/q2*-1;. The Morgan fingerprint density at radius 2 is 1.40 bits per heavy atom. The minimum absolute atomic E-state index is 0. The van der Waals surface area contributed by atoms with Crippen molar-refractivity contribution in [2.75, 3.05) is 0 Å². The Kier molecular flexibility index (Phi) is 7.94. The molecular weight excluding hydrogens is 611 g/mol. The molecule has 0 saturated heterocycles. The smallest absolute Gasteiger partial charge is 0.226 e. The minimum atomic E-state index is 0. The summed E-state index contributed by atoms with van der Waals surface area (Å²) in [6.45, 7) is 1.99. The van der Waals surface area contributed by atoms with Gasteiger partial charge in [0.15, 0.2) is 5.58 Å². The van der Waals surface area contributed by atoms with Crippen LogP contribution < -0.4 is 0 Å². The quantitative estimate of drug-likeness (QED) is 0.194. The molecule has 6 rings (SSSR count). The van der Waals surface area contributed by atoms with E-state index in [9.17, 15) is 0 Å². The zero-order valence-electron chi connectivity index (χ0n) is 19.0. The average molecular weight is 632 g/mol. The van der Waals surface area contributed by atoms with Gasteiger partial charge in [-0.05, 0) is 42.6 Å². The van der Waals surface area contributed by atoms with Gasteiger partial charge >= 0.3 is 0 Å². The molecule has 5 heteroatoms. The Hall–Kier alpha value is -3.92. The average Bonchev–Trinajstić information content (AvgIpc) is 3.35. The molecule has 0 N–H and O–H groups in total. The number of hydrogen-bond acceptors (Lipinski definition) is 4. The van der Waals surface area contributed by atoms with Crippen LogP contribution in [0.15, 0.2) is 114 Å². The van der Waals surface area contributed by atoms with E-state index < -0.39 is 0 Å². The molecule has 0 spiro atoms. The molecule has 0 atom stereocenters. The van der Waals surface area contributed by atoms with E-state index in [0.717, 1.165) is 44.9 Å². The van der Waals surface area contributed by atoms with Gasteiger partial charge in [0.05, 0.1) is 0 Å². The van der Waals surface area contributed by atoms with Crippen molar-refractivity contribution in [1.29, 1.82) is 0 Å². The van der Waals surface area contributed by atoms with E-state index in [4.69, 9.17) is 4.42 Å². The van der Waals surface area contributed by atoms with E-state index in [-0.39, 0.29) is 20.1 Å². The van der Waals surface area contributed by atoms with Gasteiger partial charge in [0, 0.05) is 37.6 Å². The first-order chi connectivity index (χ1) is 16.8. The fourth-order valence-electron chi connectivity index (χ4n) is 3.50. The maximum absolute atomic E-state index is 5.80. The summed E-state index contributed by atoms with van der Waals surface area (Å²) in [5.41, 5.74) is 7.44. The summed E-state index contributed by atoms with van der Waals surface area (Å²) in [6.07, 6.45) is 1.76. The summed E-state index contributed by atoms with van der Waals surface area (Å²) in [5.74, 6) is 0.607. The second-order valence-electron chi connectivity index (χ2n) is 7.63. The molecule has 6 aromatic rings. The van der Waals surface area contributed by atoms with Crippen molar-refractivity contribution in [3.63, 3.8) is 0 Å². The topological polar surface area (TPSA) is 51.8 Å². The molecule has 1 radical (unpaired) electrons. The van der Waals surface area contributed by atoms with Gasteiger partial charge in [0.1, 0.15) is 5.52 Å². The zero-order valence-corrected chi connectivity index (χ0v) is 21.4. The van der Waals surface area contributed by atoms with Gasteiger partial charge in [0.25, 0.3) is 0 Å². The number of nitrogens with zero attached hydrogens (tertiary/aromatic N) is 3. The predicted octanol–water partition coefficient (Wildman–Crippen LogP) is 7.21. The van der Waals surface area contributed by atoms with E-state index in [1.165, 1.54) is 0 Å². The number of rotatable bonds is 3. The van der Waals surface area contributed by atoms with Gasteiger partial charge < -0.3 is 14.4 Å².